The van der Waals surface area contributed by atoms with E-state index in [0.29, 0.717) is 11.4 Å². The van der Waals surface area contributed by atoms with Gasteiger partial charge in [-0.25, -0.2) is 4.39 Å². The summed E-state index contributed by atoms with van der Waals surface area (Å²) in [5.41, 5.74) is 1.07. The molecule has 0 aliphatic heterocycles. The van der Waals surface area contributed by atoms with E-state index in [9.17, 15) is 9.18 Å². The summed E-state index contributed by atoms with van der Waals surface area (Å²) in [4.78, 5) is 11.0. The quantitative estimate of drug-likeness (QED) is 0.778. The summed E-state index contributed by atoms with van der Waals surface area (Å²) in [6, 6.07) is 4.87. The highest BCUT2D eigenvalue weighted by molar-refractivity contribution is 5.89. The molecule has 0 saturated carbocycles. The zero-order valence-electron chi connectivity index (χ0n) is 11.9. The van der Waals surface area contributed by atoms with Crippen molar-refractivity contribution in [2.24, 2.45) is 0 Å². The smallest absolute Gasteiger partial charge is 0.221 e. The fraction of sp³-hybridized carbons (Fsp3) is 0.533. The Morgan fingerprint density at radius 3 is 2.42 bits per heavy atom. The van der Waals surface area contributed by atoms with Crippen molar-refractivity contribution in [3.63, 3.8) is 0 Å². The van der Waals surface area contributed by atoms with E-state index in [4.69, 9.17) is 0 Å². The summed E-state index contributed by atoms with van der Waals surface area (Å²) in [5, 5.41) is 5.90. The van der Waals surface area contributed by atoms with Crippen molar-refractivity contribution in [3.05, 3.63) is 24.0 Å². The molecule has 1 aromatic carbocycles. The van der Waals surface area contributed by atoms with Crippen molar-refractivity contribution in [1.82, 2.24) is 0 Å². The van der Waals surface area contributed by atoms with Crippen LogP contribution in [0.15, 0.2) is 18.2 Å². The van der Waals surface area contributed by atoms with Crippen molar-refractivity contribution in [2.45, 2.75) is 52.5 Å². The van der Waals surface area contributed by atoms with Gasteiger partial charge in [-0.05, 0) is 31.0 Å². The topological polar surface area (TPSA) is 41.1 Å². The van der Waals surface area contributed by atoms with Gasteiger partial charge in [0.25, 0.3) is 0 Å². The highest BCUT2D eigenvalue weighted by Gasteiger charge is 2.10. The number of hydrogen-bond donors (Lipinski definition) is 2. The number of amides is 1. The van der Waals surface area contributed by atoms with Crippen molar-refractivity contribution in [3.8, 4) is 0 Å². The summed E-state index contributed by atoms with van der Waals surface area (Å²) in [6.07, 6.45) is 4.14. The molecule has 106 valence electrons. The SMILES string of the molecule is CCCC(CCC)Nc1cc(NC(C)=O)ccc1F. The zero-order valence-corrected chi connectivity index (χ0v) is 11.9. The number of hydrogen-bond acceptors (Lipinski definition) is 2. The molecule has 0 radical (unpaired) electrons. The first-order valence-electron chi connectivity index (χ1n) is 6.90. The fourth-order valence-corrected chi connectivity index (χ4v) is 2.12. The van der Waals surface area contributed by atoms with E-state index in [1.165, 1.54) is 13.0 Å². The van der Waals surface area contributed by atoms with Crippen LogP contribution in [0.1, 0.15) is 46.5 Å². The number of anilines is 2. The number of halogens is 1. The first-order valence-corrected chi connectivity index (χ1v) is 6.90. The minimum Gasteiger partial charge on any atom is -0.380 e. The normalized spacial score (nSPS) is 10.6. The lowest BCUT2D eigenvalue weighted by atomic mass is 10.1. The average molecular weight is 266 g/mol. The van der Waals surface area contributed by atoms with Crippen molar-refractivity contribution in [2.75, 3.05) is 10.6 Å². The third-order valence-electron chi connectivity index (χ3n) is 2.92. The maximum atomic E-state index is 13.8. The molecule has 0 spiro atoms. The molecule has 0 bridgehead atoms. The van der Waals surface area contributed by atoms with Gasteiger partial charge >= 0.3 is 0 Å². The van der Waals surface area contributed by atoms with Crippen LogP contribution in [-0.2, 0) is 4.79 Å². The van der Waals surface area contributed by atoms with E-state index in [-0.39, 0.29) is 17.8 Å². The first-order chi connectivity index (χ1) is 9.06. The van der Waals surface area contributed by atoms with Gasteiger partial charge in [0.05, 0.1) is 5.69 Å². The summed E-state index contributed by atoms with van der Waals surface area (Å²) in [6.45, 7) is 5.68. The molecule has 0 heterocycles. The predicted molar refractivity (Wildman–Crippen MR) is 77.9 cm³/mol. The van der Waals surface area contributed by atoms with Gasteiger partial charge in [-0.1, -0.05) is 26.7 Å². The second-order valence-corrected chi connectivity index (χ2v) is 4.79. The monoisotopic (exact) mass is 266 g/mol. The van der Waals surface area contributed by atoms with Crippen LogP contribution in [-0.4, -0.2) is 11.9 Å². The number of rotatable bonds is 7. The minimum absolute atomic E-state index is 0.156. The largest absolute Gasteiger partial charge is 0.380 e. The zero-order chi connectivity index (χ0) is 14.3. The number of nitrogens with one attached hydrogen (secondary N) is 2. The molecule has 4 heteroatoms. The second kappa shape index (κ2) is 7.77. The van der Waals surface area contributed by atoms with Crippen LogP contribution in [0.4, 0.5) is 15.8 Å². The van der Waals surface area contributed by atoms with Gasteiger partial charge in [0.2, 0.25) is 5.91 Å². The van der Waals surface area contributed by atoms with Gasteiger partial charge in [0.1, 0.15) is 5.82 Å². The maximum absolute atomic E-state index is 13.8. The van der Waals surface area contributed by atoms with Crippen LogP contribution in [0.3, 0.4) is 0 Å². The van der Waals surface area contributed by atoms with Gasteiger partial charge < -0.3 is 10.6 Å². The molecule has 1 aromatic rings. The van der Waals surface area contributed by atoms with Crippen LogP contribution in [0.2, 0.25) is 0 Å². The van der Waals surface area contributed by atoms with Gasteiger partial charge in [-0.2, -0.15) is 0 Å². The Morgan fingerprint density at radius 1 is 1.26 bits per heavy atom. The average Bonchev–Trinajstić information content (AvgIpc) is 2.33. The maximum Gasteiger partial charge on any atom is 0.221 e. The lowest BCUT2D eigenvalue weighted by Crippen LogP contribution is -2.20. The van der Waals surface area contributed by atoms with Crippen LogP contribution in [0.25, 0.3) is 0 Å². The summed E-state index contributed by atoms with van der Waals surface area (Å²) in [7, 11) is 0. The molecule has 0 aliphatic rings. The molecule has 0 saturated heterocycles. The lowest BCUT2D eigenvalue weighted by molar-refractivity contribution is -0.114. The van der Waals surface area contributed by atoms with E-state index < -0.39 is 0 Å². The second-order valence-electron chi connectivity index (χ2n) is 4.79. The molecule has 1 rings (SSSR count). The molecule has 19 heavy (non-hydrogen) atoms. The molecule has 1 amide bonds. The molecule has 3 nitrogen and oxygen atoms in total. The van der Waals surface area contributed by atoms with Gasteiger partial charge in [-0.15, -0.1) is 0 Å². The van der Waals surface area contributed by atoms with Gasteiger partial charge in [0.15, 0.2) is 0 Å². The molecule has 0 fully saturated rings. The Morgan fingerprint density at radius 2 is 1.89 bits per heavy atom. The minimum atomic E-state index is -0.286. The molecular formula is C15H23FN2O. The van der Waals surface area contributed by atoms with Gasteiger partial charge in [-0.3, -0.25) is 4.79 Å². The molecule has 0 atom stereocenters. The highest BCUT2D eigenvalue weighted by Crippen LogP contribution is 2.22. The van der Waals surface area contributed by atoms with Gasteiger partial charge in [0, 0.05) is 18.7 Å². The molecule has 0 aromatic heterocycles. The molecule has 0 aliphatic carbocycles. The molecule has 0 unspecified atom stereocenters. The number of carbonyl (C=O) groups excluding carboxylic acids is 1. The molecular weight excluding hydrogens is 243 g/mol. The third kappa shape index (κ3) is 5.28. The highest BCUT2D eigenvalue weighted by atomic mass is 19.1. The Hall–Kier alpha value is -1.58. The summed E-state index contributed by atoms with van der Waals surface area (Å²) in [5.74, 6) is -0.442. The van der Waals surface area contributed by atoms with Crippen LogP contribution in [0.5, 0.6) is 0 Å². The Labute approximate surface area is 114 Å². The Balaban J connectivity index is 2.82. The summed E-state index contributed by atoms with van der Waals surface area (Å²) < 4.78 is 13.8. The van der Waals surface area contributed by atoms with Crippen LogP contribution < -0.4 is 10.6 Å². The lowest BCUT2D eigenvalue weighted by Gasteiger charge is -2.19. The standard InChI is InChI=1S/C15H23FN2O/c1-4-6-12(7-5-2)18-15-10-13(17-11(3)19)8-9-14(15)16/h8-10,12,18H,4-7H2,1-3H3,(H,17,19). The van der Waals surface area contributed by atoms with Crippen molar-refractivity contribution in [1.29, 1.82) is 0 Å². The third-order valence-corrected chi connectivity index (χ3v) is 2.92. The van der Waals surface area contributed by atoms with E-state index >= 15 is 0 Å². The number of benzene rings is 1. The molecule has 2 N–H and O–H groups in total. The Kier molecular flexibility index (Phi) is 6.33. The Bertz CT molecular complexity index is 415. The van der Waals surface area contributed by atoms with Crippen LogP contribution >= 0.6 is 0 Å². The summed E-state index contributed by atoms with van der Waals surface area (Å²) >= 11 is 0. The van der Waals surface area contributed by atoms with E-state index in [1.54, 1.807) is 12.1 Å². The van der Waals surface area contributed by atoms with E-state index in [2.05, 4.69) is 24.5 Å². The predicted octanol–water partition coefficient (Wildman–Crippen LogP) is 4.16. The van der Waals surface area contributed by atoms with Crippen LogP contribution in [0, 0.1) is 5.82 Å². The number of carbonyl (C=O) groups is 1. The van der Waals surface area contributed by atoms with Crippen molar-refractivity contribution < 1.29 is 9.18 Å². The van der Waals surface area contributed by atoms with Crippen molar-refractivity contribution >= 4 is 17.3 Å². The van der Waals surface area contributed by atoms with E-state index in [1.807, 2.05) is 0 Å². The van der Waals surface area contributed by atoms with E-state index in [0.717, 1.165) is 25.7 Å². The first kappa shape index (κ1) is 15.5. The fourth-order valence-electron chi connectivity index (χ4n) is 2.12.